The Morgan fingerprint density at radius 1 is 1.29 bits per heavy atom. The Balaban J connectivity index is 2.04. The first kappa shape index (κ1) is 12.6. The van der Waals surface area contributed by atoms with Crippen molar-refractivity contribution in [3.63, 3.8) is 0 Å². The zero-order valence-electron chi connectivity index (χ0n) is 9.85. The quantitative estimate of drug-likeness (QED) is 0.897. The molecule has 1 heterocycles. The molecule has 2 atom stereocenters. The Morgan fingerprint density at radius 3 is 2.76 bits per heavy atom. The van der Waals surface area contributed by atoms with Gasteiger partial charge in [0.1, 0.15) is 0 Å². The first-order valence-electron chi connectivity index (χ1n) is 5.56. The average Bonchev–Trinajstić information content (AvgIpc) is 2.82. The van der Waals surface area contributed by atoms with E-state index in [2.05, 4.69) is 35.6 Å². The summed E-state index contributed by atoms with van der Waals surface area (Å²) in [6, 6.07) is 8.44. The number of aromatic nitrogens is 1. The lowest BCUT2D eigenvalue weighted by molar-refractivity contribution is 0.488. The van der Waals surface area contributed by atoms with Gasteiger partial charge in [0.2, 0.25) is 0 Å². The molecular formula is C13H15ClN2S. The molecule has 17 heavy (non-hydrogen) atoms. The maximum atomic E-state index is 5.99. The van der Waals surface area contributed by atoms with E-state index < -0.39 is 0 Å². The molecule has 2 nitrogen and oxygen atoms in total. The molecule has 0 bridgehead atoms. The highest BCUT2D eigenvalue weighted by Crippen LogP contribution is 2.21. The van der Waals surface area contributed by atoms with Gasteiger partial charge in [0.05, 0.1) is 11.2 Å². The van der Waals surface area contributed by atoms with Crippen LogP contribution in [0.2, 0.25) is 5.02 Å². The lowest BCUT2D eigenvalue weighted by atomic mass is 10.1. The second kappa shape index (κ2) is 5.63. The summed E-state index contributed by atoms with van der Waals surface area (Å²) in [5.74, 6) is 0. The topological polar surface area (TPSA) is 24.9 Å². The highest BCUT2D eigenvalue weighted by Gasteiger charge is 2.12. The minimum absolute atomic E-state index is 0.246. The van der Waals surface area contributed by atoms with Crippen LogP contribution in [0.1, 0.15) is 37.2 Å². The van der Waals surface area contributed by atoms with E-state index in [9.17, 15) is 0 Å². The van der Waals surface area contributed by atoms with Crippen molar-refractivity contribution < 1.29 is 0 Å². The van der Waals surface area contributed by atoms with Gasteiger partial charge in [0.15, 0.2) is 0 Å². The largest absolute Gasteiger partial charge is 0.302 e. The Hall–Kier alpha value is -0.900. The van der Waals surface area contributed by atoms with Crippen molar-refractivity contribution in [3.05, 3.63) is 51.4 Å². The molecule has 1 aromatic carbocycles. The molecule has 0 spiro atoms. The van der Waals surface area contributed by atoms with Gasteiger partial charge >= 0.3 is 0 Å². The fourth-order valence-corrected chi connectivity index (χ4v) is 2.61. The number of benzene rings is 1. The molecule has 90 valence electrons. The third kappa shape index (κ3) is 3.28. The standard InChI is InChI=1S/C13H15ClN2S/c1-9(11-4-3-5-12(14)6-11)16-10(2)13-7-17-8-15-13/h3-10,16H,1-2H3. The summed E-state index contributed by atoms with van der Waals surface area (Å²) < 4.78 is 0. The molecule has 2 aromatic rings. The highest BCUT2D eigenvalue weighted by molar-refractivity contribution is 7.07. The van der Waals surface area contributed by atoms with Gasteiger partial charge in [-0.2, -0.15) is 0 Å². The summed E-state index contributed by atoms with van der Waals surface area (Å²) in [4.78, 5) is 4.31. The number of nitrogens with zero attached hydrogens (tertiary/aromatic N) is 1. The fourth-order valence-electron chi connectivity index (χ4n) is 1.77. The van der Waals surface area contributed by atoms with Crippen molar-refractivity contribution in [3.8, 4) is 0 Å². The summed E-state index contributed by atoms with van der Waals surface area (Å²) in [7, 11) is 0. The maximum Gasteiger partial charge on any atom is 0.0795 e. The lowest BCUT2D eigenvalue weighted by Gasteiger charge is -2.19. The van der Waals surface area contributed by atoms with Crippen LogP contribution in [0.3, 0.4) is 0 Å². The summed E-state index contributed by atoms with van der Waals surface area (Å²) >= 11 is 7.61. The van der Waals surface area contributed by atoms with Crippen LogP contribution < -0.4 is 5.32 Å². The van der Waals surface area contributed by atoms with Gasteiger partial charge in [-0.1, -0.05) is 23.7 Å². The number of nitrogens with one attached hydrogen (secondary N) is 1. The van der Waals surface area contributed by atoms with Crippen LogP contribution in [0.25, 0.3) is 0 Å². The monoisotopic (exact) mass is 266 g/mol. The minimum Gasteiger partial charge on any atom is -0.302 e. The number of hydrogen-bond acceptors (Lipinski definition) is 3. The molecule has 0 saturated carbocycles. The summed E-state index contributed by atoms with van der Waals surface area (Å²) in [5.41, 5.74) is 4.14. The van der Waals surface area contributed by atoms with Crippen LogP contribution in [0.15, 0.2) is 35.2 Å². The predicted molar refractivity (Wildman–Crippen MR) is 73.5 cm³/mol. The van der Waals surface area contributed by atoms with Gasteiger partial charge in [0, 0.05) is 22.5 Å². The van der Waals surface area contributed by atoms with Crippen LogP contribution >= 0.6 is 22.9 Å². The molecule has 0 aliphatic carbocycles. The third-order valence-electron chi connectivity index (χ3n) is 2.74. The van der Waals surface area contributed by atoms with E-state index in [1.165, 1.54) is 5.56 Å². The molecular weight excluding hydrogens is 252 g/mol. The van der Waals surface area contributed by atoms with Crippen LogP contribution in [0.5, 0.6) is 0 Å². The first-order chi connectivity index (χ1) is 8.16. The Labute approximate surface area is 111 Å². The smallest absolute Gasteiger partial charge is 0.0795 e. The van der Waals surface area contributed by atoms with Crippen molar-refractivity contribution in [2.75, 3.05) is 0 Å². The second-order valence-corrected chi connectivity index (χ2v) is 5.23. The molecule has 0 amide bonds. The van der Waals surface area contributed by atoms with Crippen LogP contribution in [0, 0.1) is 0 Å². The number of thiazole rings is 1. The molecule has 0 aliphatic heterocycles. The number of rotatable bonds is 4. The molecule has 4 heteroatoms. The molecule has 2 rings (SSSR count). The number of halogens is 1. The van der Waals surface area contributed by atoms with Gasteiger partial charge in [-0.05, 0) is 31.5 Å². The van der Waals surface area contributed by atoms with Crippen LogP contribution in [-0.4, -0.2) is 4.98 Å². The normalized spacial score (nSPS) is 14.5. The van der Waals surface area contributed by atoms with Gasteiger partial charge in [-0.25, -0.2) is 4.98 Å². The van der Waals surface area contributed by atoms with Crippen molar-refractivity contribution in [2.45, 2.75) is 25.9 Å². The summed E-state index contributed by atoms with van der Waals surface area (Å²) in [6.45, 7) is 4.25. The fraction of sp³-hybridized carbons (Fsp3) is 0.308. The zero-order valence-corrected chi connectivity index (χ0v) is 11.4. The highest BCUT2D eigenvalue weighted by atomic mass is 35.5. The summed E-state index contributed by atoms with van der Waals surface area (Å²) in [6.07, 6.45) is 0. The van der Waals surface area contributed by atoms with Gasteiger partial charge in [0.25, 0.3) is 0 Å². The second-order valence-electron chi connectivity index (χ2n) is 4.08. The SMILES string of the molecule is CC(NC(C)c1cscn1)c1cccc(Cl)c1. The lowest BCUT2D eigenvalue weighted by Crippen LogP contribution is -2.22. The van der Waals surface area contributed by atoms with E-state index in [-0.39, 0.29) is 12.1 Å². The van der Waals surface area contributed by atoms with E-state index in [1.54, 1.807) is 11.3 Å². The molecule has 1 N–H and O–H groups in total. The molecule has 1 aromatic heterocycles. The van der Waals surface area contributed by atoms with Crippen LogP contribution in [-0.2, 0) is 0 Å². The summed E-state index contributed by atoms with van der Waals surface area (Å²) in [5, 5.41) is 6.36. The van der Waals surface area contributed by atoms with Gasteiger partial charge in [-0.15, -0.1) is 11.3 Å². The average molecular weight is 267 g/mol. The number of hydrogen-bond donors (Lipinski definition) is 1. The van der Waals surface area contributed by atoms with Crippen molar-refractivity contribution in [2.24, 2.45) is 0 Å². The van der Waals surface area contributed by atoms with Crippen molar-refractivity contribution >= 4 is 22.9 Å². The van der Waals surface area contributed by atoms with Gasteiger partial charge < -0.3 is 5.32 Å². The maximum absolute atomic E-state index is 5.99. The molecule has 2 unspecified atom stereocenters. The van der Waals surface area contributed by atoms with Gasteiger partial charge in [-0.3, -0.25) is 0 Å². The van der Waals surface area contributed by atoms with Crippen molar-refractivity contribution in [1.29, 1.82) is 0 Å². The van der Waals surface area contributed by atoms with E-state index >= 15 is 0 Å². The third-order valence-corrected chi connectivity index (χ3v) is 3.58. The van der Waals surface area contributed by atoms with E-state index in [0.717, 1.165) is 10.7 Å². The Morgan fingerprint density at radius 2 is 2.12 bits per heavy atom. The first-order valence-corrected chi connectivity index (χ1v) is 6.88. The van der Waals surface area contributed by atoms with Crippen molar-refractivity contribution in [1.82, 2.24) is 10.3 Å². The van der Waals surface area contributed by atoms with E-state index in [4.69, 9.17) is 11.6 Å². The minimum atomic E-state index is 0.246. The Bertz CT molecular complexity index is 470. The zero-order chi connectivity index (χ0) is 12.3. The molecule has 0 radical (unpaired) electrons. The predicted octanol–water partition coefficient (Wildman–Crippen LogP) is 4.21. The molecule has 0 saturated heterocycles. The molecule has 0 aliphatic rings. The van der Waals surface area contributed by atoms with E-state index in [0.29, 0.717) is 0 Å². The van der Waals surface area contributed by atoms with Crippen LogP contribution in [0.4, 0.5) is 0 Å². The van der Waals surface area contributed by atoms with E-state index in [1.807, 2.05) is 23.7 Å². The Kier molecular flexibility index (Phi) is 4.15. The molecule has 0 fully saturated rings.